The summed E-state index contributed by atoms with van der Waals surface area (Å²) in [5.41, 5.74) is 3.56. The number of fused-ring (bicyclic) bond motifs is 15. The molecule has 7 heterocycles. The number of hydrogen-bond donors (Lipinski definition) is 20. The van der Waals surface area contributed by atoms with Gasteiger partial charge in [-0.1, -0.05) is 103 Å². The zero-order valence-electron chi connectivity index (χ0n) is 65.0. The van der Waals surface area contributed by atoms with E-state index in [1.54, 1.807) is 24.3 Å². The smallest absolute Gasteiger partial charge is 0.334 e. The SMILES string of the molecule is CN[C@H](CC(C)C)C(=O)N[C@H]1C(=O)N[C@@H](CC(N)=O)C(=O)N[C@H]2C(=O)N[C@H]3C(=O)N[C@H](C(=O)N[C@H](C(=O)O)c4cc(O)cc(O)c4-c4cc3ccc4O)[C@H](O)c3ccc(c(Cl)c3)Oc3cc2cc(c3O[C@@H]2O[C@H](CO)[C@@H](O)[C@H](O)[C@H]2O[C@H]2C[C@](C)(NCC(OCc3ccc(-c4ccc(Cl)cc4)cc3)C(=O)O)[C@H](O)[C@H](C)O2)Oc2ccc(cc2Cl)[C@H]1O. The molecule has 121 heavy (non-hydrogen) atoms. The fourth-order valence-corrected chi connectivity index (χ4v) is 15.4. The summed E-state index contributed by atoms with van der Waals surface area (Å²) in [5.74, 6) is -17.9. The van der Waals surface area contributed by atoms with Gasteiger partial charge in [-0.2, -0.15) is 0 Å². The van der Waals surface area contributed by atoms with Gasteiger partial charge >= 0.3 is 11.9 Å². The van der Waals surface area contributed by atoms with Crippen molar-refractivity contribution in [3.05, 3.63) is 176 Å². The topological polar surface area (TPSA) is 563 Å². The largest absolute Gasteiger partial charge is 0.508 e. The molecule has 0 spiro atoms. The van der Waals surface area contributed by atoms with E-state index in [0.717, 1.165) is 77.9 Å². The van der Waals surface area contributed by atoms with Crippen LogP contribution < -0.4 is 62.5 Å². The molecular weight excluding hydrogens is 1650 g/mol. The Morgan fingerprint density at radius 3 is 1.86 bits per heavy atom. The Bertz CT molecular complexity index is 5110. The summed E-state index contributed by atoms with van der Waals surface area (Å²) in [6, 6.07) is 13.2. The maximum Gasteiger partial charge on any atom is 0.334 e. The van der Waals surface area contributed by atoms with E-state index in [0.29, 0.717) is 10.6 Å². The number of carbonyl (C=O) groups excluding carboxylic acids is 7. The number of halogens is 3. The van der Waals surface area contributed by atoms with E-state index in [1.807, 2.05) is 38.1 Å². The minimum atomic E-state index is -2.40. The third-order valence-electron chi connectivity index (χ3n) is 21.3. The Morgan fingerprint density at radius 2 is 1.26 bits per heavy atom. The van der Waals surface area contributed by atoms with Crippen LogP contribution in [0.3, 0.4) is 0 Å². The van der Waals surface area contributed by atoms with Crippen LogP contribution in [-0.4, -0.2) is 215 Å². The predicted octanol–water partition coefficient (Wildman–Crippen LogP) is 3.73. The van der Waals surface area contributed by atoms with Crippen LogP contribution in [0.5, 0.6) is 46.0 Å². The molecule has 0 aromatic heterocycles. The lowest BCUT2D eigenvalue weighted by molar-refractivity contribution is -0.334. The number of carbonyl (C=O) groups is 9. The van der Waals surface area contributed by atoms with Crippen molar-refractivity contribution in [2.45, 2.75) is 169 Å². The highest BCUT2D eigenvalue weighted by Gasteiger charge is 2.53. The molecule has 1 unspecified atom stereocenters. The van der Waals surface area contributed by atoms with Crippen molar-refractivity contribution in [1.29, 1.82) is 0 Å². The summed E-state index contributed by atoms with van der Waals surface area (Å²) in [5, 5.41) is 147. The van der Waals surface area contributed by atoms with E-state index in [2.05, 4.69) is 42.5 Å². The average Bonchev–Trinajstić information content (AvgIpc) is 0.766. The number of hydrogen-bond acceptors (Lipinski definition) is 27. The van der Waals surface area contributed by atoms with E-state index >= 15 is 14.4 Å². The van der Waals surface area contributed by atoms with Gasteiger partial charge in [0.2, 0.25) is 53.4 Å². The van der Waals surface area contributed by atoms with Crippen molar-refractivity contribution >= 4 is 88.1 Å². The number of likely N-dealkylation sites (N-methyl/N-ethyl adjacent to an activating group) is 1. The molecule has 7 amide bonds. The highest BCUT2D eigenvalue weighted by molar-refractivity contribution is 6.32. The average molecular weight is 1740 g/mol. The maximum absolute atomic E-state index is 16.2. The first-order valence-electron chi connectivity index (χ1n) is 38.0. The lowest BCUT2D eigenvalue weighted by atomic mass is 9.84. The summed E-state index contributed by atoms with van der Waals surface area (Å²) in [6.45, 7) is 4.98. The molecule has 14 rings (SSSR count). The maximum atomic E-state index is 16.2. The fourth-order valence-electron chi connectivity index (χ4n) is 14.8. The van der Waals surface area contributed by atoms with Crippen molar-refractivity contribution in [2.24, 2.45) is 11.7 Å². The quantitative estimate of drug-likeness (QED) is 0.0487. The summed E-state index contributed by atoms with van der Waals surface area (Å²) >= 11 is 20.4. The van der Waals surface area contributed by atoms with E-state index in [1.165, 1.54) is 33.0 Å². The molecule has 7 aliphatic heterocycles. The van der Waals surface area contributed by atoms with Crippen LogP contribution in [0.15, 0.2) is 127 Å². The summed E-state index contributed by atoms with van der Waals surface area (Å²) < 4.78 is 45.2. The molecule has 11 bridgehead atoms. The van der Waals surface area contributed by atoms with E-state index in [9.17, 15) is 84.9 Å². The van der Waals surface area contributed by atoms with Gasteiger partial charge in [-0.15, -0.1) is 0 Å². The molecule has 7 aromatic rings. The number of aliphatic carboxylic acids is 2. The zero-order chi connectivity index (χ0) is 87.5. The van der Waals surface area contributed by atoms with Crippen molar-refractivity contribution in [3.8, 4) is 68.2 Å². The second-order valence-corrected chi connectivity index (χ2v) is 31.6. The number of aliphatic hydroxyl groups excluding tert-OH is 6. The fraction of sp³-hybridized carbons (Fsp3) is 0.378. The number of benzene rings is 7. The number of rotatable bonds is 21. The number of carboxylic acids is 2. The standard InChI is InChI=1S/C82H88Cl3N9O27/c1-33(2)20-48(87-5)73(105)93-64-66(100)39-13-18-52(46(84)22-39)117-54-24-41-25-55(70(54)121-81-71(69(103)68(102)57(31-95)119-81)120-59-29-82(4,72(104)34(3)116-59)88-30-56(79(111)112)115-32-35-6-8-36(9-7-35)37-10-15-42(83)16-11-37)118-53-19-14-40(23-47(53)85)67(101)65-78(110)92-63(80(113)114)45-26-43(96)27-51(98)60(45)44-21-38(12-17-50(44)97)61(75(107)94-65)91-76(108)62(41)90-74(106)49(28-58(86)99)89-77(64)109/h6-19,21-27,33-34,48-49,56-57,59,61-69,71-72,81,87-88,95-98,100-104H,20,28-32H2,1-5H3,(H2,86,99)(H,89,109)(H,90,106)(H,91,108)(H,92,110)(H,93,105)(H,94,107)(H,111,112)(H,113,114)/t34-,48+,49-,56?,57+,59-,61+,62+,63-,64+,65-,66+,67+,68+,69-,71+,72+,81-,82-/m0/s1. The number of phenols is 3. The van der Waals surface area contributed by atoms with Crippen LogP contribution in [0, 0.1) is 5.92 Å². The number of ether oxygens (including phenoxy) is 7. The van der Waals surface area contributed by atoms with Gasteiger partial charge < -0.3 is 138 Å². The first-order valence-corrected chi connectivity index (χ1v) is 39.2. The predicted molar refractivity (Wildman–Crippen MR) is 426 cm³/mol. The van der Waals surface area contributed by atoms with Crippen molar-refractivity contribution < 1.29 is 132 Å². The van der Waals surface area contributed by atoms with E-state index in [-0.39, 0.29) is 47.8 Å². The molecule has 2 saturated heterocycles. The third-order valence-corrected chi connectivity index (χ3v) is 22.1. The highest BCUT2D eigenvalue weighted by atomic mass is 35.5. The number of carboxylic acid groups (broad SMARTS) is 2. The first-order chi connectivity index (χ1) is 57.4. The molecule has 36 nitrogen and oxygen atoms in total. The molecule has 7 aromatic carbocycles. The van der Waals surface area contributed by atoms with Crippen LogP contribution in [0.4, 0.5) is 0 Å². The van der Waals surface area contributed by atoms with Crippen LogP contribution in [-0.2, 0) is 68.7 Å². The van der Waals surface area contributed by atoms with Crippen molar-refractivity contribution in [2.75, 3.05) is 20.2 Å². The van der Waals surface area contributed by atoms with Gasteiger partial charge in [-0.05, 0) is 139 Å². The number of aliphatic hydroxyl groups is 6. The summed E-state index contributed by atoms with van der Waals surface area (Å²) in [4.78, 5) is 131. The van der Waals surface area contributed by atoms with Gasteiger partial charge in [0.15, 0.2) is 36.0 Å². The molecule has 2 fully saturated rings. The molecule has 21 N–H and O–H groups in total. The molecule has 0 saturated carbocycles. The Morgan fingerprint density at radius 1 is 0.661 bits per heavy atom. The third kappa shape index (κ3) is 20.0. The molecule has 0 radical (unpaired) electrons. The van der Waals surface area contributed by atoms with Crippen LogP contribution in [0.25, 0.3) is 22.3 Å². The minimum absolute atomic E-state index is 0.124. The first kappa shape index (κ1) is 89.2. The van der Waals surface area contributed by atoms with Gasteiger partial charge in [0, 0.05) is 46.3 Å². The monoisotopic (exact) mass is 1740 g/mol. The molecule has 19 atom stereocenters. The normalized spacial score (nSPS) is 26.7. The Balaban J connectivity index is 1.01. The minimum Gasteiger partial charge on any atom is -0.508 e. The van der Waals surface area contributed by atoms with E-state index < -0.39 is 261 Å². The summed E-state index contributed by atoms with van der Waals surface area (Å²) in [7, 11) is 1.46. The number of nitrogens with one attached hydrogen (secondary N) is 8. The van der Waals surface area contributed by atoms with Crippen LogP contribution >= 0.6 is 34.8 Å². The van der Waals surface area contributed by atoms with Crippen LogP contribution in [0.1, 0.15) is 111 Å². The highest BCUT2D eigenvalue weighted by Crippen LogP contribution is 2.50. The van der Waals surface area contributed by atoms with Gasteiger partial charge in [-0.3, -0.25) is 33.6 Å². The van der Waals surface area contributed by atoms with E-state index in [4.69, 9.17) is 73.7 Å². The lowest BCUT2D eigenvalue weighted by Gasteiger charge is -2.48. The number of aromatic hydroxyl groups is 3. The van der Waals surface area contributed by atoms with Gasteiger partial charge in [0.1, 0.15) is 89.5 Å². The number of nitrogens with two attached hydrogens (primary N) is 1. The number of primary amides is 1. The Hall–Kier alpha value is -11.0. The Labute approximate surface area is 704 Å². The number of phenolic OH excluding ortho intramolecular Hbond substituents is 3. The molecule has 644 valence electrons. The Kier molecular flexibility index (Phi) is 27.7. The zero-order valence-corrected chi connectivity index (χ0v) is 67.3. The van der Waals surface area contributed by atoms with Gasteiger partial charge in [0.05, 0.1) is 47.9 Å². The van der Waals surface area contributed by atoms with Crippen molar-refractivity contribution in [3.63, 3.8) is 0 Å². The van der Waals surface area contributed by atoms with Crippen LogP contribution in [0.2, 0.25) is 15.1 Å². The second-order valence-electron chi connectivity index (χ2n) is 30.3. The lowest BCUT2D eigenvalue weighted by Crippen LogP contribution is -2.66. The molecule has 7 aliphatic rings. The molecule has 0 aliphatic carbocycles. The van der Waals surface area contributed by atoms with Gasteiger partial charge in [0.25, 0.3) is 0 Å². The second kappa shape index (κ2) is 37.5. The number of amides is 7. The van der Waals surface area contributed by atoms with Gasteiger partial charge in [-0.25, -0.2) is 9.59 Å². The van der Waals surface area contributed by atoms with Crippen molar-refractivity contribution in [1.82, 2.24) is 42.5 Å². The summed E-state index contributed by atoms with van der Waals surface area (Å²) in [6.07, 6.45) is -21.5. The molecule has 39 heteroatoms. The molecular formula is C82H88Cl3N9O27.